The third kappa shape index (κ3) is 4.20. The standard InChI is InChI=1S/C26H23N3O5S/c1-34-22-9-3-2-8-21(22)26(31)16-29(17-26)25(30)19-11-13-20(14-12-19)28-35(32,33)23-10-4-6-18-7-5-15-27-24(18)23/h2-15,28,31H,16-17H2,1H3. The number of hydrogen-bond acceptors (Lipinski definition) is 6. The highest BCUT2D eigenvalue weighted by atomic mass is 32.2. The van der Waals surface area contributed by atoms with Gasteiger partial charge < -0.3 is 14.7 Å². The minimum absolute atomic E-state index is 0.0759. The van der Waals surface area contributed by atoms with E-state index in [0.717, 1.165) is 5.39 Å². The highest BCUT2D eigenvalue weighted by Gasteiger charge is 2.46. The fraction of sp³-hybridized carbons (Fsp3) is 0.154. The van der Waals surface area contributed by atoms with Crippen molar-refractivity contribution in [2.45, 2.75) is 10.5 Å². The molecule has 0 saturated carbocycles. The second-order valence-electron chi connectivity index (χ2n) is 8.41. The number of sulfonamides is 1. The van der Waals surface area contributed by atoms with Crippen LogP contribution >= 0.6 is 0 Å². The van der Waals surface area contributed by atoms with Crippen LogP contribution in [0.1, 0.15) is 15.9 Å². The molecule has 0 bridgehead atoms. The maximum atomic E-state index is 13.0. The maximum absolute atomic E-state index is 13.0. The molecule has 0 unspecified atom stereocenters. The molecule has 178 valence electrons. The summed E-state index contributed by atoms with van der Waals surface area (Å²) in [6.07, 6.45) is 1.55. The Hall–Kier alpha value is -3.95. The fourth-order valence-electron chi connectivity index (χ4n) is 4.29. The summed E-state index contributed by atoms with van der Waals surface area (Å²) in [4.78, 5) is 18.7. The van der Waals surface area contributed by atoms with Crippen molar-refractivity contribution in [3.63, 3.8) is 0 Å². The number of carbonyl (C=O) groups is 1. The smallest absolute Gasteiger partial charge is 0.264 e. The van der Waals surface area contributed by atoms with Crippen LogP contribution in [0.4, 0.5) is 5.69 Å². The van der Waals surface area contributed by atoms with E-state index in [1.54, 1.807) is 54.7 Å². The van der Waals surface area contributed by atoms with Gasteiger partial charge in [0, 0.05) is 28.4 Å². The van der Waals surface area contributed by atoms with Gasteiger partial charge in [0.05, 0.1) is 25.7 Å². The monoisotopic (exact) mass is 489 g/mol. The van der Waals surface area contributed by atoms with Crippen molar-refractivity contribution in [3.8, 4) is 5.75 Å². The molecule has 1 aromatic heterocycles. The van der Waals surface area contributed by atoms with Gasteiger partial charge in [-0.1, -0.05) is 36.4 Å². The average molecular weight is 490 g/mol. The van der Waals surface area contributed by atoms with Crippen LogP contribution in [0.15, 0.2) is 90.0 Å². The molecule has 1 aliphatic heterocycles. The van der Waals surface area contributed by atoms with Gasteiger partial charge in [-0.15, -0.1) is 0 Å². The summed E-state index contributed by atoms with van der Waals surface area (Å²) < 4.78 is 33.9. The number of methoxy groups -OCH3 is 1. The summed E-state index contributed by atoms with van der Waals surface area (Å²) in [5, 5.41) is 11.7. The zero-order valence-corrected chi connectivity index (χ0v) is 19.7. The number of β-amino-alcohol motifs (C(OH)–C–C–N with tert-alkyl or cyclic N) is 1. The van der Waals surface area contributed by atoms with E-state index < -0.39 is 15.6 Å². The molecule has 1 amide bonds. The van der Waals surface area contributed by atoms with Crippen molar-refractivity contribution >= 4 is 32.5 Å². The number of likely N-dealkylation sites (tertiary alicyclic amines) is 1. The van der Waals surface area contributed by atoms with E-state index >= 15 is 0 Å². The molecule has 1 saturated heterocycles. The Labute approximate surface area is 202 Å². The summed E-state index contributed by atoms with van der Waals surface area (Å²) >= 11 is 0. The molecular weight excluding hydrogens is 466 g/mol. The highest BCUT2D eigenvalue weighted by molar-refractivity contribution is 7.93. The van der Waals surface area contributed by atoms with Gasteiger partial charge in [0.2, 0.25) is 0 Å². The van der Waals surface area contributed by atoms with Crippen molar-refractivity contribution < 1.29 is 23.1 Å². The molecule has 1 fully saturated rings. The van der Waals surface area contributed by atoms with Gasteiger partial charge in [-0.3, -0.25) is 14.5 Å². The van der Waals surface area contributed by atoms with Crippen LogP contribution < -0.4 is 9.46 Å². The minimum Gasteiger partial charge on any atom is -0.496 e. The molecule has 3 aromatic carbocycles. The van der Waals surface area contributed by atoms with Crippen LogP contribution in [-0.2, 0) is 15.6 Å². The van der Waals surface area contributed by atoms with Crippen LogP contribution in [0.5, 0.6) is 5.75 Å². The van der Waals surface area contributed by atoms with Crippen LogP contribution in [0.3, 0.4) is 0 Å². The molecule has 8 nitrogen and oxygen atoms in total. The van der Waals surface area contributed by atoms with Gasteiger partial charge in [-0.25, -0.2) is 8.42 Å². The van der Waals surface area contributed by atoms with Crippen molar-refractivity contribution in [1.82, 2.24) is 9.88 Å². The highest BCUT2D eigenvalue weighted by Crippen LogP contribution is 2.38. The first-order valence-corrected chi connectivity index (χ1v) is 12.4. The Balaban J connectivity index is 1.29. The maximum Gasteiger partial charge on any atom is 0.264 e. The van der Waals surface area contributed by atoms with Gasteiger partial charge in [-0.2, -0.15) is 0 Å². The van der Waals surface area contributed by atoms with Crippen LogP contribution in [0.2, 0.25) is 0 Å². The van der Waals surface area contributed by atoms with E-state index in [0.29, 0.717) is 28.1 Å². The summed E-state index contributed by atoms with van der Waals surface area (Å²) in [5.74, 6) is 0.317. The number of nitrogens with one attached hydrogen (secondary N) is 1. The lowest BCUT2D eigenvalue weighted by molar-refractivity contribution is -0.0874. The lowest BCUT2D eigenvalue weighted by Crippen LogP contribution is -2.61. The number of aromatic nitrogens is 1. The second kappa shape index (κ2) is 8.68. The lowest BCUT2D eigenvalue weighted by atomic mass is 9.85. The molecular formula is C26H23N3O5S. The molecule has 0 spiro atoms. The number of amides is 1. The van der Waals surface area contributed by atoms with E-state index in [-0.39, 0.29) is 23.9 Å². The lowest BCUT2D eigenvalue weighted by Gasteiger charge is -2.47. The molecule has 2 N–H and O–H groups in total. The number of benzene rings is 3. The summed E-state index contributed by atoms with van der Waals surface area (Å²) in [5.41, 5.74) is 0.559. The zero-order chi connectivity index (χ0) is 24.6. The van der Waals surface area contributed by atoms with Crippen molar-refractivity contribution in [2.24, 2.45) is 0 Å². The second-order valence-corrected chi connectivity index (χ2v) is 10.1. The molecule has 2 heterocycles. The van der Waals surface area contributed by atoms with E-state index in [2.05, 4.69) is 9.71 Å². The summed E-state index contributed by atoms with van der Waals surface area (Å²) in [6.45, 7) is 0.267. The van der Waals surface area contributed by atoms with Crippen LogP contribution in [-0.4, -0.2) is 49.5 Å². The predicted octanol–water partition coefficient (Wildman–Crippen LogP) is 3.39. The SMILES string of the molecule is COc1ccccc1C1(O)CN(C(=O)c2ccc(NS(=O)(=O)c3cccc4cccnc34)cc2)C1. The largest absolute Gasteiger partial charge is 0.496 e. The third-order valence-electron chi connectivity index (χ3n) is 6.07. The number of anilines is 1. The normalized spacial score (nSPS) is 14.9. The van der Waals surface area contributed by atoms with Crippen molar-refractivity contribution in [1.29, 1.82) is 0 Å². The third-order valence-corrected chi connectivity index (χ3v) is 7.48. The van der Waals surface area contributed by atoms with Gasteiger partial charge in [-0.05, 0) is 42.5 Å². The Morgan fingerprint density at radius 1 is 1.00 bits per heavy atom. The molecule has 9 heteroatoms. The Kier molecular flexibility index (Phi) is 5.66. The van der Waals surface area contributed by atoms with Gasteiger partial charge >= 0.3 is 0 Å². The number of ether oxygens (including phenoxy) is 1. The van der Waals surface area contributed by atoms with E-state index in [4.69, 9.17) is 4.74 Å². The quantitative estimate of drug-likeness (QED) is 0.430. The van der Waals surface area contributed by atoms with Crippen LogP contribution in [0.25, 0.3) is 10.9 Å². The number of rotatable bonds is 6. The summed E-state index contributed by atoms with van der Waals surface area (Å²) in [6, 6.07) is 21.9. The molecule has 0 atom stereocenters. The first-order valence-electron chi connectivity index (χ1n) is 10.9. The first kappa shape index (κ1) is 22.8. The number of para-hydroxylation sites is 2. The predicted molar refractivity (Wildman–Crippen MR) is 132 cm³/mol. The molecule has 35 heavy (non-hydrogen) atoms. The number of hydrogen-bond donors (Lipinski definition) is 2. The molecule has 5 rings (SSSR count). The van der Waals surface area contributed by atoms with E-state index in [1.165, 1.54) is 30.2 Å². The van der Waals surface area contributed by atoms with Crippen molar-refractivity contribution in [2.75, 3.05) is 24.9 Å². The molecule has 0 aliphatic carbocycles. The minimum atomic E-state index is -3.89. The topological polar surface area (TPSA) is 109 Å². The van der Waals surface area contributed by atoms with Gasteiger partial charge in [0.1, 0.15) is 16.2 Å². The number of pyridine rings is 1. The van der Waals surface area contributed by atoms with Crippen LogP contribution in [0, 0.1) is 0 Å². The molecule has 0 radical (unpaired) electrons. The zero-order valence-electron chi connectivity index (χ0n) is 18.9. The molecule has 4 aromatic rings. The number of aliphatic hydroxyl groups is 1. The summed E-state index contributed by atoms with van der Waals surface area (Å²) in [7, 11) is -2.35. The van der Waals surface area contributed by atoms with E-state index in [9.17, 15) is 18.3 Å². The molecule has 1 aliphatic rings. The van der Waals surface area contributed by atoms with E-state index in [1.807, 2.05) is 12.1 Å². The van der Waals surface area contributed by atoms with Gasteiger partial charge in [0.15, 0.2) is 0 Å². The Morgan fingerprint density at radius 2 is 1.71 bits per heavy atom. The first-order chi connectivity index (χ1) is 16.8. The fourth-order valence-corrected chi connectivity index (χ4v) is 5.53. The Bertz CT molecular complexity index is 1510. The number of nitrogens with zero attached hydrogens (tertiary/aromatic N) is 2. The average Bonchev–Trinajstić information content (AvgIpc) is 2.86. The Morgan fingerprint density at radius 3 is 2.46 bits per heavy atom. The van der Waals surface area contributed by atoms with Gasteiger partial charge in [0.25, 0.3) is 15.9 Å². The number of carbonyl (C=O) groups excluding carboxylic acids is 1. The number of fused-ring (bicyclic) bond motifs is 1. The van der Waals surface area contributed by atoms with Crippen molar-refractivity contribution in [3.05, 3.63) is 96.2 Å².